The van der Waals surface area contributed by atoms with Gasteiger partial charge in [-0.3, -0.25) is 0 Å². The van der Waals surface area contributed by atoms with E-state index in [-0.39, 0.29) is 0 Å². The highest BCUT2D eigenvalue weighted by Crippen LogP contribution is 2.45. The lowest BCUT2D eigenvalue weighted by Gasteiger charge is -2.32. The summed E-state index contributed by atoms with van der Waals surface area (Å²) in [7, 11) is 13.9. The highest BCUT2D eigenvalue weighted by Gasteiger charge is 2.25. The van der Waals surface area contributed by atoms with Crippen molar-refractivity contribution in [1.82, 2.24) is 0 Å². The molecular formula is C51H58N6S2+4. The Kier molecular flexibility index (Phi) is 12.1. The zero-order valence-corrected chi connectivity index (χ0v) is 37.1. The molecule has 0 fully saturated rings. The highest BCUT2D eigenvalue weighted by atomic mass is 32.2. The Hall–Kier alpha value is -5.12. The molecule has 59 heavy (non-hydrogen) atoms. The summed E-state index contributed by atoms with van der Waals surface area (Å²) in [6.45, 7) is 6.43. The van der Waals surface area contributed by atoms with Crippen molar-refractivity contribution in [2.75, 3.05) is 78.3 Å². The molecule has 8 rings (SSSR count). The fourth-order valence-electron chi connectivity index (χ4n) is 8.21. The lowest BCUT2D eigenvalue weighted by molar-refractivity contribution is -0.925. The zero-order chi connectivity index (χ0) is 41.0. The molecule has 0 atom stereocenters. The predicted molar refractivity (Wildman–Crippen MR) is 252 cm³/mol. The molecule has 4 heterocycles. The van der Waals surface area contributed by atoms with Crippen LogP contribution in [0.3, 0.4) is 0 Å². The summed E-state index contributed by atoms with van der Waals surface area (Å²) in [6, 6.07) is 39.4. The number of quaternary nitrogens is 2. The molecular weight excluding hydrogens is 761 g/mol. The number of benzene rings is 4. The molecule has 0 N–H and O–H groups in total. The van der Waals surface area contributed by atoms with Gasteiger partial charge in [0.05, 0.1) is 73.5 Å². The first-order chi connectivity index (χ1) is 28.6. The predicted octanol–water partition coefficient (Wildman–Crippen LogP) is 10.0. The van der Waals surface area contributed by atoms with Crippen LogP contribution in [0.1, 0.15) is 17.5 Å². The molecule has 8 heteroatoms. The Bertz CT molecular complexity index is 2420. The topological polar surface area (TPSA) is 14.2 Å². The summed E-state index contributed by atoms with van der Waals surface area (Å²) in [5.74, 6) is 0. The molecule has 0 aliphatic carbocycles. The SMILES string of the molecule is CN1/C(=C\C=C\c2cc[n+](CC[N+](C)(C)CCC[N+](C)(C)CC[n+]3ccc(/C=C/C=C4/Sc5ccccc5N4C)c4ccccc43)c3ccccc23)Sc2ccccc21. The summed E-state index contributed by atoms with van der Waals surface area (Å²) in [5.41, 5.74) is 7.61. The second-order valence-electron chi connectivity index (χ2n) is 17.1. The van der Waals surface area contributed by atoms with Crippen molar-refractivity contribution in [2.45, 2.75) is 29.3 Å². The minimum absolute atomic E-state index is 0.982. The van der Waals surface area contributed by atoms with Crippen LogP contribution in [0.25, 0.3) is 34.0 Å². The molecule has 0 unspecified atom stereocenters. The van der Waals surface area contributed by atoms with Crippen LogP contribution < -0.4 is 18.9 Å². The van der Waals surface area contributed by atoms with Gasteiger partial charge in [-0.15, -0.1) is 0 Å². The average molecular weight is 819 g/mol. The van der Waals surface area contributed by atoms with Crippen LogP contribution in [0, 0.1) is 0 Å². The third kappa shape index (κ3) is 9.37. The Morgan fingerprint density at radius 3 is 1.36 bits per heavy atom. The Morgan fingerprint density at radius 1 is 0.508 bits per heavy atom. The van der Waals surface area contributed by atoms with E-state index in [1.54, 1.807) is 0 Å². The van der Waals surface area contributed by atoms with E-state index >= 15 is 0 Å². The molecule has 0 saturated heterocycles. The molecule has 4 aromatic carbocycles. The number of anilines is 2. The lowest BCUT2D eigenvalue weighted by Crippen LogP contribution is -2.51. The van der Waals surface area contributed by atoms with Gasteiger partial charge in [-0.2, -0.15) is 9.13 Å². The van der Waals surface area contributed by atoms with Crippen LogP contribution in [0.5, 0.6) is 0 Å². The normalized spacial score (nSPS) is 15.8. The van der Waals surface area contributed by atoms with Gasteiger partial charge in [0.2, 0.25) is 11.0 Å². The standard InChI is InChI=1S/C51H58N6S2/c1-52-46-24-11-13-26-48(46)58-50(52)28-15-18-40-30-32-54(44-22-9-7-20-42(40)44)34-38-56(3,4)36-17-37-57(5,6)39-35-55-33-31-41(43-21-8-10-23-45(43)55)19-16-29-51-53(2)47-25-12-14-27-49(47)59-51/h7-16,18-33H,17,34-39H2,1-6H3/q+4. The number of aromatic nitrogens is 2. The Morgan fingerprint density at radius 2 is 0.915 bits per heavy atom. The van der Waals surface area contributed by atoms with Crippen LogP contribution in [-0.4, -0.2) is 77.4 Å². The first kappa shape index (κ1) is 40.7. The van der Waals surface area contributed by atoms with Crippen LogP contribution in [0.4, 0.5) is 11.4 Å². The van der Waals surface area contributed by atoms with Gasteiger partial charge in [-0.25, -0.2) is 0 Å². The maximum absolute atomic E-state index is 2.44. The smallest absolute Gasteiger partial charge is 0.213 e. The molecule has 2 aliphatic heterocycles. The maximum atomic E-state index is 2.44. The summed E-state index contributed by atoms with van der Waals surface area (Å²) in [5, 5.41) is 5.07. The number of nitrogens with zero attached hydrogens (tertiary/aromatic N) is 6. The second-order valence-corrected chi connectivity index (χ2v) is 19.2. The summed E-state index contributed by atoms with van der Waals surface area (Å²) < 4.78 is 6.87. The van der Waals surface area contributed by atoms with Crippen molar-refractivity contribution in [1.29, 1.82) is 0 Å². The minimum atomic E-state index is 0.982. The van der Waals surface area contributed by atoms with E-state index < -0.39 is 0 Å². The lowest BCUT2D eigenvalue weighted by atomic mass is 10.1. The van der Waals surface area contributed by atoms with E-state index in [1.807, 2.05) is 23.5 Å². The van der Waals surface area contributed by atoms with Crippen LogP contribution in [0.15, 0.2) is 166 Å². The van der Waals surface area contributed by atoms with Crippen molar-refractivity contribution >= 4 is 68.9 Å². The highest BCUT2D eigenvalue weighted by molar-refractivity contribution is 8.04. The first-order valence-corrected chi connectivity index (χ1v) is 22.4. The molecule has 6 aromatic rings. The van der Waals surface area contributed by atoms with Gasteiger partial charge in [0.1, 0.15) is 13.1 Å². The number of rotatable bonds is 14. The van der Waals surface area contributed by atoms with Crippen molar-refractivity contribution < 1.29 is 18.1 Å². The van der Waals surface area contributed by atoms with Gasteiger partial charge in [0.25, 0.3) is 0 Å². The number of para-hydroxylation sites is 4. The molecule has 0 radical (unpaired) electrons. The molecule has 300 valence electrons. The fourth-order valence-corrected chi connectivity index (χ4v) is 10.3. The number of fused-ring (bicyclic) bond motifs is 4. The number of likely N-dealkylation sites (N-methyl/N-ethyl adjacent to an activating group) is 2. The van der Waals surface area contributed by atoms with Crippen molar-refractivity contribution in [3.8, 4) is 0 Å². The van der Waals surface area contributed by atoms with Crippen LogP contribution in [-0.2, 0) is 13.1 Å². The molecule has 2 aliphatic rings. The zero-order valence-electron chi connectivity index (χ0n) is 35.5. The van der Waals surface area contributed by atoms with E-state index in [9.17, 15) is 0 Å². The third-order valence-electron chi connectivity index (χ3n) is 11.9. The van der Waals surface area contributed by atoms with Crippen molar-refractivity contribution in [3.63, 3.8) is 0 Å². The average Bonchev–Trinajstić information content (AvgIpc) is 3.74. The largest absolute Gasteiger partial charge is 0.338 e. The third-order valence-corrected chi connectivity index (χ3v) is 14.3. The van der Waals surface area contributed by atoms with Crippen LogP contribution >= 0.6 is 23.5 Å². The minimum Gasteiger partial charge on any atom is -0.338 e. The first-order valence-electron chi connectivity index (χ1n) is 20.8. The number of hydrogen-bond acceptors (Lipinski definition) is 4. The molecule has 6 nitrogen and oxygen atoms in total. The monoisotopic (exact) mass is 818 g/mol. The Balaban J connectivity index is 0.844. The van der Waals surface area contributed by atoms with Gasteiger partial charge in [0, 0.05) is 54.6 Å². The summed E-state index contributed by atoms with van der Waals surface area (Å²) >= 11 is 3.66. The number of pyridine rings is 2. The van der Waals surface area contributed by atoms with Gasteiger partial charge in [-0.05, 0) is 59.7 Å². The second kappa shape index (κ2) is 17.6. The number of thioether (sulfide) groups is 2. The van der Waals surface area contributed by atoms with Gasteiger partial charge in [-0.1, -0.05) is 96.4 Å². The quantitative estimate of drug-likeness (QED) is 0.0803. The van der Waals surface area contributed by atoms with Crippen LogP contribution in [0.2, 0.25) is 0 Å². The summed E-state index contributed by atoms with van der Waals surface area (Å²) in [4.78, 5) is 7.17. The van der Waals surface area contributed by atoms with E-state index in [4.69, 9.17) is 0 Å². The molecule has 0 spiro atoms. The van der Waals surface area contributed by atoms with Gasteiger partial charge >= 0.3 is 0 Å². The van der Waals surface area contributed by atoms with Crippen molar-refractivity contribution in [2.24, 2.45) is 0 Å². The Labute approximate surface area is 359 Å². The molecule has 0 amide bonds. The summed E-state index contributed by atoms with van der Waals surface area (Å²) in [6.07, 6.45) is 19.1. The molecule has 0 bridgehead atoms. The van der Waals surface area contributed by atoms with Gasteiger partial charge < -0.3 is 18.8 Å². The maximum Gasteiger partial charge on any atom is 0.213 e. The molecule has 2 aromatic heterocycles. The number of allylic oxidation sites excluding steroid dienone is 4. The van der Waals surface area contributed by atoms with E-state index in [2.05, 4.69) is 219 Å². The number of hydrogen-bond donors (Lipinski definition) is 0. The van der Waals surface area contributed by atoms with E-state index in [1.165, 1.54) is 70.6 Å². The van der Waals surface area contributed by atoms with E-state index in [0.29, 0.717) is 0 Å². The molecule has 0 saturated carbocycles. The van der Waals surface area contributed by atoms with E-state index in [0.717, 1.165) is 48.2 Å². The fraction of sp³-hybridized carbons (Fsp3) is 0.255. The van der Waals surface area contributed by atoms with Gasteiger partial charge in [0.15, 0.2) is 25.5 Å². The van der Waals surface area contributed by atoms with Crippen molar-refractivity contribution in [3.05, 3.63) is 167 Å².